The second-order valence-electron chi connectivity index (χ2n) is 4.51. The number of anilines is 1. The molecule has 0 aliphatic carbocycles. The van der Waals surface area contributed by atoms with E-state index in [1.165, 1.54) is 6.07 Å². The average Bonchev–Trinajstić information content (AvgIpc) is 2.39. The number of hydrogen-bond donors (Lipinski definition) is 2. The summed E-state index contributed by atoms with van der Waals surface area (Å²) < 4.78 is 0.711. The fraction of sp³-hybridized carbons (Fsp3) is 0.429. The molecule has 6 heteroatoms. The number of amides is 2. The van der Waals surface area contributed by atoms with Gasteiger partial charge in [-0.1, -0.05) is 29.8 Å². The van der Waals surface area contributed by atoms with Crippen LogP contribution in [0.15, 0.2) is 22.7 Å². The van der Waals surface area contributed by atoms with E-state index < -0.39 is 5.97 Å². The molecule has 0 unspecified atom stereocenters. The summed E-state index contributed by atoms with van der Waals surface area (Å²) in [5.41, 5.74) is 0.356. The molecule has 5 nitrogen and oxygen atoms in total. The number of hydrogen-bond acceptors (Lipinski definition) is 2. The van der Waals surface area contributed by atoms with Crippen LogP contribution in [0.3, 0.4) is 0 Å². The van der Waals surface area contributed by atoms with Crippen molar-refractivity contribution in [3.05, 3.63) is 28.2 Å². The molecule has 0 heterocycles. The van der Waals surface area contributed by atoms with Gasteiger partial charge >= 0.3 is 12.0 Å². The number of urea groups is 1. The highest BCUT2D eigenvalue weighted by Crippen LogP contribution is 2.22. The third kappa shape index (κ3) is 3.96. The summed E-state index contributed by atoms with van der Waals surface area (Å²) in [5.74, 6) is -1.07. The zero-order valence-electron chi connectivity index (χ0n) is 11.8. The Morgan fingerprint density at radius 3 is 2.45 bits per heavy atom. The van der Waals surface area contributed by atoms with Crippen molar-refractivity contribution in [2.45, 2.75) is 32.7 Å². The topological polar surface area (TPSA) is 69.6 Å². The molecule has 0 saturated heterocycles. The predicted octanol–water partition coefficient (Wildman–Crippen LogP) is 3.80. The molecule has 2 N–H and O–H groups in total. The van der Waals surface area contributed by atoms with E-state index in [9.17, 15) is 9.59 Å². The number of carbonyl (C=O) groups is 2. The zero-order chi connectivity index (χ0) is 15.3. The van der Waals surface area contributed by atoms with E-state index >= 15 is 0 Å². The number of carbonyl (C=O) groups excluding carboxylic acids is 1. The van der Waals surface area contributed by atoms with Gasteiger partial charge in [0, 0.05) is 17.6 Å². The van der Waals surface area contributed by atoms with Crippen molar-refractivity contribution in [1.29, 1.82) is 0 Å². The van der Waals surface area contributed by atoms with Gasteiger partial charge in [-0.2, -0.15) is 0 Å². The first-order valence-corrected chi connectivity index (χ1v) is 7.26. The summed E-state index contributed by atoms with van der Waals surface area (Å²) in [6, 6.07) is 4.50. The van der Waals surface area contributed by atoms with Gasteiger partial charge in [0.2, 0.25) is 0 Å². The van der Waals surface area contributed by atoms with Crippen molar-refractivity contribution in [3.63, 3.8) is 0 Å². The Bertz CT molecular complexity index is 501. The van der Waals surface area contributed by atoms with Gasteiger partial charge in [-0.25, -0.2) is 9.59 Å². The molecule has 110 valence electrons. The third-order valence-corrected chi connectivity index (χ3v) is 3.76. The van der Waals surface area contributed by atoms with E-state index in [2.05, 4.69) is 21.2 Å². The highest BCUT2D eigenvalue weighted by atomic mass is 79.9. The molecule has 20 heavy (non-hydrogen) atoms. The van der Waals surface area contributed by atoms with Crippen LogP contribution in [0.25, 0.3) is 0 Å². The number of halogens is 1. The van der Waals surface area contributed by atoms with Crippen molar-refractivity contribution in [3.8, 4) is 0 Å². The lowest BCUT2D eigenvalue weighted by Crippen LogP contribution is -2.39. The summed E-state index contributed by atoms with van der Waals surface area (Å²) in [6.45, 7) is 4.03. The van der Waals surface area contributed by atoms with Crippen molar-refractivity contribution >= 4 is 33.6 Å². The molecule has 0 spiro atoms. The summed E-state index contributed by atoms with van der Waals surface area (Å²) in [5, 5.41) is 11.8. The molecular formula is C14H19BrN2O3. The number of nitrogens with one attached hydrogen (secondary N) is 1. The van der Waals surface area contributed by atoms with E-state index in [0.29, 0.717) is 4.47 Å². The summed E-state index contributed by atoms with van der Waals surface area (Å²) in [7, 11) is 1.71. The lowest BCUT2D eigenvalue weighted by atomic mass is 10.1. The van der Waals surface area contributed by atoms with Gasteiger partial charge < -0.3 is 15.3 Å². The highest BCUT2D eigenvalue weighted by molar-refractivity contribution is 9.10. The van der Waals surface area contributed by atoms with E-state index in [-0.39, 0.29) is 23.3 Å². The predicted molar refractivity (Wildman–Crippen MR) is 82.3 cm³/mol. The van der Waals surface area contributed by atoms with E-state index in [1.807, 2.05) is 13.8 Å². The van der Waals surface area contributed by atoms with Gasteiger partial charge in [-0.3, -0.25) is 0 Å². The van der Waals surface area contributed by atoms with Gasteiger partial charge in [-0.05, 0) is 31.0 Å². The monoisotopic (exact) mass is 342 g/mol. The number of aromatic carboxylic acids is 1. The van der Waals surface area contributed by atoms with Crippen molar-refractivity contribution in [2.75, 3.05) is 12.4 Å². The van der Waals surface area contributed by atoms with E-state index in [0.717, 1.165) is 12.8 Å². The van der Waals surface area contributed by atoms with Gasteiger partial charge in [0.1, 0.15) is 0 Å². The van der Waals surface area contributed by atoms with Gasteiger partial charge in [-0.15, -0.1) is 0 Å². The first-order valence-electron chi connectivity index (χ1n) is 6.47. The van der Waals surface area contributed by atoms with Crippen LogP contribution < -0.4 is 5.32 Å². The number of nitrogens with zero attached hydrogens (tertiary/aromatic N) is 1. The van der Waals surface area contributed by atoms with Crippen molar-refractivity contribution in [2.24, 2.45) is 0 Å². The molecule has 0 aliphatic rings. The summed E-state index contributed by atoms with van der Waals surface area (Å²) >= 11 is 3.27. The summed E-state index contributed by atoms with van der Waals surface area (Å²) in [4.78, 5) is 24.9. The quantitative estimate of drug-likeness (QED) is 0.854. The smallest absolute Gasteiger partial charge is 0.337 e. The fourth-order valence-corrected chi connectivity index (χ4v) is 2.37. The Labute approximate surface area is 127 Å². The van der Waals surface area contributed by atoms with Gasteiger partial charge in [0.25, 0.3) is 0 Å². The normalized spacial score (nSPS) is 10.4. The lowest BCUT2D eigenvalue weighted by Gasteiger charge is -2.26. The number of benzene rings is 1. The first-order chi connectivity index (χ1) is 9.40. The number of carboxylic acid groups (broad SMARTS) is 1. The second-order valence-corrected chi connectivity index (χ2v) is 5.42. The van der Waals surface area contributed by atoms with Crippen LogP contribution >= 0.6 is 15.9 Å². The minimum absolute atomic E-state index is 0.0690. The summed E-state index contributed by atoms with van der Waals surface area (Å²) in [6.07, 6.45) is 1.70. The molecule has 0 atom stereocenters. The Hall–Kier alpha value is -1.56. The maximum absolute atomic E-state index is 12.2. The molecule has 1 rings (SSSR count). The van der Waals surface area contributed by atoms with Gasteiger partial charge in [0.05, 0.1) is 11.3 Å². The van der Waals surface area contributed by atoms with Crippen LogP contribution in [-0.2, 0) is 0 Å². The van der Waals surface area contributed by atoms with Gasteiger partial charge in [0.15, 0.2) is 0 Å². The molecule has 0 fully saturated rings. The van der Waals surface area contributed by atoms with Crippen LogP contribution in [0.1, 0.15) is 37.0 Å². The minimum atomic E-state index is -1.07. The highest BCUT2D eigenvalue weighted by Gasteiger charge is 2.19. The van der Waals surface area contributed by atoms with Crippen LogP contribution in [0.4, 0.5) is 10.5 Å². The van der Waals surface area contributed by atoms with Crippen molar-refractivity contribution in [1.82, 2.24) is 4.90 Å². The molecule has 1 aromatic rings. The molecule has 0 aliphatic heterocycles. The largest absolute Gasteiger partial charge is 0.478 e. The molecule has 0 radical (unpaired) electrons. The number of carboxylic acids is 1. The third-order valence-electron chi connectivity index (χ3n) is 3.26. The SMILES string of the molecule is CCC(CC)N(C)C(=O)Nc1cc(Br)ccc1C(=O)O. The minimum Gasteiger partial charge on any atom is -0.478 e. The molecular weight excluding hydrogens is 324 g/mol. The Balaban J connectivity index is 2.95. The Morgan fingerprint density at radius 1 is 1.35 bits per heavy atom. The van der Waals surface area contributed by atoms with E-state index in [4.69, 9.17) is 5.11 Å². The van der Waals surface area contributed by atoms with Crippen LogP contribution in [-0.4, -0.2) is 35.1 Å². The first kappa shape index (κ1) is 16.5. The maximum Gasteiger partial charge on any atom is 0.337 e. The Morgan fingerprint density at radius 2 is 1.95 bits per heavy atom. The molecule has 1 aromatic carbocycles. The van der Waals surface area contributed by atoms with Crippen molar-refractivity contribution < 1.29 is 14.7 Å². The second kappa shape index (κ2) is 7.28. The zero-order valence-corrected chi connectivity index (χ0v) is 13.4. The molecule has 2 amide bonds. The maximum atomic E-state index is 12.2. The fourth-order valence-electron chi connectivity index (χ4n) is 2.01. The molecule has 0 bridgehead atoms. The van der Waals surface area contributed by atoms with Crippen LogP contribution in [0.2, 0.25) is 0 Å². The van der Waals surface area contributed by atoms with Crippen LogP contribution in [0, 0.1) is 0 Å². The standard InChI is InChI=1S/C14H19BrN2O3/c1-4-10(5-2)17(3)14(20)16-12-8-9(15)6-7-11(12)13(18)19/h6-8,10H,4-5H2,1-3H3,(H,16,20)(H,18,19). The lowest BCUT2D eigenvalue weighted by molar-refractivity contribution is 0.0698. The van der Waals surface area contributed by atoms with E-state index in [1.54, 1.807) is 24.1 Å². The number of rotatable bonds is 5. The van der Waals surface area contributed by atoms with Crippen LogP contribution in [0.5, 0.6) is 0 Å². The Kier molecular flexibility index (Phi) is 6.01. The molecule has 0 saturated carbocycles. The molecule has 0 aromatic heterocycles. The average molecular weight is 343 g/mol.